The number of hydrogen-bond acceptors (Lipinski definition) is 5. The largest absolute Gasteiger partial charge is 0.381 e. The van der Waals surface area contributed by atoms with Gasteiger partial charge in [0, 0.05) is 49.5 Å². The zero-order valence-corrected chi connectivity index (χ0v) is 14.5. The van der Waals surface area contributed by atoms with E-state index in [0.29, 0.717) is 17.5 Å². The van der Waals surface area contributed by atoms with Crippen LogP contribution in [0.1, 0.15) is 25.0 Å². The highest BCUT2D eigenvalue weighted by molar-refractivity contribution is 8.01. The van der Waals surface area contributed by atoms with E-state index in [9.17, 15) is 0 Å². The molecule has 0 radical (unpaired) electrons. The third-order valence-corrected chi connectivity index (χ3v) is 6.82. The van der Waals surface area contributed by atoms with E-state index in [1.54, 1.807) is 0 Å². The fourth-order valence-corrected chi connectivity index (χ4v) is 5.61. The number of likely N-dealkylation sites (tertiary alicyclic amines) is 1. The van der Waals surface area contributed by atoms with Crippen molar-refractivity contribution in [2.45, 2.75) is 36.7 Å². The lowest BCUT2D eigenvalue weighted by atomic mass is 9.90. The molecule has 1 aromatic rings. The maximum Gasteiger partial charge on any atom is 0.0892 e. The maximum absolute atomic E-state index is 6.09. The van der Waals surface area contributed by atoms with Gasteiger partial charge in [-0.25, -0.2) is 0 Å². The molecule has 3 fully saturated rings. The molecule has 4 nitrogen and oxygen atoms in total. The van der Waals surface area contributed by atoms with Crippen molar-refractivity contribution in [1.29, 1.82) is 0 Å². The topological polar surface area (TPSA) is 34.6 Å². The molecule has 3 aliphatic rings. The van der Waals surface area contributed by atoms with Crippen LogP contribution >= 0.6 is 11.8 Å². The van der Waals surface area contributed by atoms with E-state index in [1.807, 2.05) is 24.4 Å². The molecular formula is C18H26N2O2S. The Bertz CT molecular complexity index is 501. The minimum absolute atomic E-state index is 0.396. The second-order valence-electron chi connectivity index (χ2n) is 7.18. The van der Waals surface area contributed by atoms with Gasteiger partial charge in [0.1, 0.15) is 0 Å². The van der Waals surface area contributed by atoms with Crippen molar-refractivity contribution in [1.82, 2.24) is 9.88 Å². The van der Waals surface area contributed by atoms with Crippen LogP contribution in [0.3, 0.4) is 0 Å². The van der Waals surface area contributed by atoms with Crippen LogP contribution < -0.4 is 0 Å². The predicted octanol–water partition coefficient (Wildman–Crippen LogP) is 2.58. The van der Waals surface area contributed by atoms with Crippen LogP contribution in [0.5, 0.6) is 0 Å². The average molecular weight is 334 g/mol. The molecule has 1 atom stereocenters. The number of ether oxygens (including phenoxy) is 2. The smallest absolute Gasteiger partial charge is 0.0892 e. The van der Waals surface area contributed by atoms with Gasteiger partial charge in [0.15, 0.2) is 0 Å². The van der Waals surface area contributed by atoms with Gasteiger partial charge in [0.05, 0.1) is 18.4 Å². The van der Waals surface area contributed by atoms with E-state index in [0.717, 1.165) is 30.6 Å². The summed E-state index contributed by atoms with van der Waals surface area (Å²) < 4.78 is 12.0. The molecule has 0 aromatic carbocycles. The van der Waals surface area contributed by atoms with Gasteiger partial charge in [-0.1, -0.05) is 6.07 Å². The quantitative estimate of drug-likeness (QED) is 0.827. The van der Waals surface area contributed by atoms with E-state index >= 15 is 0 Å². The van der Waals surface area contributed by atoms with Gasteiger partial charge in [0.2, 0.25) is 0 Å². The summed E-state index contributed by atoms with van der Waals surface area (Å²) in [5, 5.41) is 0. The van der Waals surface area contributed by atoms with Gasteiger partial charge in [0.25, 0.3) is 0 Å². The van der Waals surface area contributed by atoms with Crippen molar-refractivity contribution in [3.63, 3.8) is 0 Å². The Hall–Kier alpha value is -0.620. The normalized spacial score (nSPS) is 28.1. The Kier molecular flexibility index (Phi) is 4.90. The van der Waals surface area contributed by atoms with E-state index in [-0.39, 0.29) is 0 Å². The van der Waals surface area contributed by atoms with Crippen LogP contribution in [-0.4, -0.2) is 59.3 Å². The number of thioether (sulfide) groups is 1. The highest BCUT2D eigenvalue weighted by Crippen LogP contribution is 2.46. The number of pyridine rings is 1. The fourth-order valence-electron chi connectivity index (χ4n) is 4.01. The van der Waals surface area contributed by atoms with Gasteiger partial charge >= 0.3 is 0 Å². The number of aromatic nitrogens is 1. The molecule has 0 amide bonds. The third kappa shape index (κ3) is 3.90. The second kappa shape index (κ2) is 7.09. The Balaban J connectivity index is 1.19. The van der Waals surface area contributed by atoms with Crippen LogP contribution in [0, 0.1) is 5.92 Å². The lowest BCUT2D eigenvalue weighted by Gasteiger charge is -2.49. The molecule has 3 saturated heterocycles. The number of rotatable bonds is 5. The van der Waals surface area contributed by atoms with Crippen molar-refractivity contribution < 1.29 is 9.47 Å². The molecule has 126 valence electrons. The van der Waals surface area contributed by atoms with Crippen molar-refractivity contribution in [3.8, 4) is 0 Å². The van der Waals surface area contributed by atoms with Crippen LogP contribution in [-0.2, 0) is 16.1 Å². The van der Waals surface area contributed by atoms with Crippen molar-refractivity contribution in [2.75, 3.05) is 38.6 Å². The summed E-state index contributed by atoms with van der Waals surface area (Å²) in [6.07, 6.45) is 5.92. The lowest BCUT2D eigenvalue weighted by molar-refractivity contribution is 0.0103. The molecule has 23 heavy (non-hydrogen) atoms. The van der Waals surface area contributed by atoms with Crippen molar-refractivity contribution in [2.24, 2.45) is 5.92 Å². The fraction of sp³-hybridized carbons (Fsp3) is 0.722. The first-order valence-electron chi connectivity index (χ1n) is 8.77. The van der Waals surface area contributed by atoms with E-state index in [2.05, 4.69) is 21.6 Å². The van der Waals surface area contributed by atoms with Crippen LogP contribution in [0.2, 0.25) is 0 Å². The van der Waals surface area contributed by atoms with Crippen molar-refractivity contribution in [3.05, 3.63) is 30.1 Å². The summed E-state index contributed by atoms with van der Waals surface area (Å²) >= 11 is 2.13. The van der Waals surface area contributed by atoms with E-state index in [1.165, 1.54) is 38.9 Å². The highest BCUT2D eigenvalue weighted by Gasteiger charge is 2.49. The molecule has 1 unspecified atom stereocenters. The van der Waals surface area contributed by atoms with Gasteiger partial charge < -0.3 is 14.4 Å². The van der Waals surface area contributed by atoms with E-state index in [4.69, 9.17) is 9.47 Å². The summed E-state index contributed by atoms with van der Waals surface area (Å²) in [6.45, 7) is 6.33. The highest BCUT2D eigenvalue weighted by atomic mass is 32.2. The average Bonchev–Trinajstić information content (AvgIpc) is 2.99. The molecule has 1 aromatic heterocycles. The maximum atomic E-state index is 6.09. The van der Waals surface area contributed by atoms with E-state index < -0.39 is 0 Å². The minimum atomic E-state index is 0.396. The standard InChI is InChI=1S/C18H26N2O2S/c1-2-6-19-16(3-1)11-22-17-9-18(23-12-17)13-20(14-18)10-15-4-7-21-8-5-15/h1-3,6,15,17H,4-5,7-14H2. The molecule has 0 aliphatic carbocycles. The zero-order valence-electron chi connectivity index (χ0n) is 13.7. The second-order valence-corrected chi connectivity index (χ2v) is 8.67. The third-order valence-electron chi connectivity index (χ3n) is 5.25. The molecule has 3 aliphatic heterocycles. The SMILES string of the molecule is c1ccc(COC2CSC3(C2)CN(CC2CCOCC2)C3)nc1. The summed E-state index contributed by atoms with van der Waals surface area (Å²) in [4.78, 5) is 6.98. The summed E-state index contributed by atoms with van der Waals surface area (Å²) in [6, 6.07) is 6.01. The van der Waals surface area contributed by atoms with Crippen LogP contribution in [0.15, 0.2) is 24.4 Å². The first-order chi connectivity index (χ1) is 11.3. The molecule has 4 heterocycles. The molecule has 0 N–H and O–H groups in total. The van der Waals surface area contributed by atoms with Crippen LogP contribution in [0.4, 0.5) is 0 Å². The molecule has 0 saturated carbocycles. The van der Waals surface area contributed by atoms with Gasteiger partial charge in [-0.2, -0.15) is 0 Å². The summed E-state index contributed by atoms with van der Waals surface area (Å²) in [7, 11) is 0. The predicted molar refractivity (Wildman–Crippen MR) is 92.6 cm³/mol. The first-order valence-corrected chi connectivity index (χ1v) is 9.75. The molecular weight excluding hydrogens is 308 g/mol. The molecule has 0 bridgehead atoms. The molecule has 1 spiro atoms. The van der Waals surface area contributed by atoms with Crippen molar-refractivity contribution >= 4 is 11.8 Å². The first kappa shape index (κ1) is 15.9. The monoisotopic (exact) mass is 334 g/mol. The Morgan fingerprint density at radius 1 is 1.30 bits per heavy atom. The van der Waals surface area contributed by atoms with Crippen LogP contribution in [0.25, 0.3) is 0 Å². The Morgan fingerprint density at radius 3 is 2.96 bits per heavy atom. The van der Waals surface area contributed by atoms with Gasteiger partial charge in [-0.05, 0) is 37.3 Å². The van der Waals surface area contributed by atoms with Gasteiger partial charge in [-0.3, -0.25) is 4.98 Å². The molecule has 4 rings (SSSR count). The Labute approximate surface area is 142 Å². The zero-order chi connectivity index (χ0) is 15.5. The Morgan fingerprint density at radius 2 is 2.17 bits per heavy atom. The van der Waals surface area contributed by atoms with Gasteiger partial charge in [-0.15, -0.1) is 11.8 Å². The lowest BCUT2D eigenvalue weighted by Crippen LogP contribution is -2.59. The summed E-state index contributed by atoms with van der Waals surface area (Å²) in [5.74, 6) is 1.99. The minimum Gasteiger partial charge on any atom is -0.381 e. The number of nitrogens with zero attached hydrogens (tertiary/aromatic N) is 2. The summed E-state index contributed by atoms with van der Waals surface area (Å²) in [5.41, 5.74) is 1.04. The molecule has 5 heteroatoms. The number of hydrogen-bond donors (Lipinski definition) is 0.